The number of thioether (sulfide) groups is 1. The Kier molecular flexibility index (Phi) is 6.96. The van der Waals surface area contributed by atoms with E-state index >= 15 is 0 Å². The maximum absolute atomic E-state index is 13.3. The van der Waals surface area contributed by atoms with Crippen LogP contribution in [0.3, 0.4) is 0 Å². The Morgan fingerprint density at radius 1 is 1.06 bits per heavy atom. The number of nitrogens with one attached hydrogen (secondary N) is 1. The molecule has 4 aromatic rings. The van der Waals surface area contributed by atoms with Gasteiger partial charge in [0.15, 0.2) is 5.82 Å². The van der Waals surface area contributed by atoms with Crippen LogP contribution in [-0.2, 0) is 4.79 Å². The number of aryl methyl sites for hydroxylation is 2. The monoisotopic (exact) mass is 479 g/mol. The van der Waals surface area contributed by atoms with Gasteiger partial charge in [-0.2, -0.15) is 5.10 Å². The van der Waals surface area contributed by atoms with E-state index in [0.29, 0.717) is 27.3 Å². The second-order valence-electron chi connectivity index (χ2n) is 7.32. The molecule has 0 aliphatic rings. The molecule has 0 saturated carbocycles. The van der Waals surface area contributed by atoms with E-state index in [0.717, 1.165) is 17.0 Å². The van der Waals surface area contributed by atoms with Crippen molar-refractivity contribution in [3.8, 4) is 11.6 Å². The molecule has 0 spiro atoms. The van der Waals surface area contributed by atoms with E-state index < -0.39 is 5.25 Å². The lowest BCUT2D eigenvalue weighted by atomic mass is 10.1. The highest BCUT2D eigenvalue weighted by Crippen LogP contribution is 2.36. The van der Waals surface area contributed by atoms with E-state index in [-0.39, 0.29) is 5.91 Å². The maximum atomic E-state index is 13.3. The van der Waals surface area contributed by atoms with Crippen molar-refractivity contribution in [3.63, 3.8) is 0 Å². The fraction of sp³-hybridized carbons (Fsp3) is 0.167. The predicted octanol–water partition coefficient (Wildman–Crippen LogP) is 5.41. The first-order valence-electron chi connectivity index (χ1n) is 10.2. The summed E-state index contributed by atoms with van der Waals surface area (Å²) in [6, 6.07) is 20.3. The number of hydrogen-bond donors (Lipinski definition) is 1. The van der Waals surface area contributed by atoms with Crippen LogP contribution in [0.25, 0.3) is 5.82 Å². The SMILES string of the molecule is COc1ccc(NC(=O)C(Sc2ccc(-n3nc(C)cc3C)nn2)c2ccccc2)cc1Cl. The van der Waals surface area contributed by atoms with Crippen molar-refractivity contribution in [2.24, 2.45) is 0 Å². The van der Waals surface area contributed by atoms with Crippen LogP contribution < -0.4 is 10.1 Å². The van der Waals surface area contributed by atoms with E-state index in [1.807, 2.05) is 62.4 Å². The number of amides is 1. The highest BCUT2D eigenvalue weighted by atomic mass is 35.5. The average Bonchev–Trinajstić information content (AvgIpc) is 3.16. The lowest BCUT2D eigenvalue weighted by Crippen LogP contribution is -2.19. The quantitative estimate of drug-likeness (QED) is 0.357. The molecule has 0 aliphatic heterocycles. The number of nitrogens with zero attached hydrogens (tertiary/aromatic N) is 4. The molecule has 1 atom stereocenters. The lowest BCUT2D eigenvalue weighted by molar-refractivity contribution is -0.115. The van der Waals surface area contributed by atoms with E-state index in [1.54, 1.807) is 30.0 Å². The summed E-state index contributed by atoms with van der Waals surface area (Å²) < 4.78 is 6.92. The van der Waals surface area contributed by atoms with Crippen LogP contribution in [0.1, 0.15) is 22.2 Å². The standard InChI is InChI=1S/C24H22ClN5O2S/c1-15-13-16(2)30(29-15)21-11-12-22(28-27-21)33-23(17-7-5-4-6-8-17)24(31)26-18-9-10-20(32-3)19(25)14-18/h4-14,23H,1-3H3,(H,26,31). The summed E-state index contributed by atoms with van der Waals surface area (Å²) in [6.07, 6.45) is 0. The number of benzene rings is 2. The molecule has 0 bridgehead atoms. The second-order valence-corrected chi connectivity index (χ2v) is 8.85. The van der Waals surface area contributed by atoms with Crippen molar-refractivity contribution < 1.29 is 9.53 Å². The molecule has 0 aliphatic carbocycles. The van der Waals surface area contributed by atoms with Gasteiger partial charge in [-0.3, -0.25) is 4.79 Å². The number of anilines is 1. The zero-order valence-corrected chi connectivity index (χ0v) is 19.9. The van der Waals surface area contributed by atoms with Crippen LogP contribution in [0, 0.1) is 13.8 Å². The Morgan fingerprint density at radius 3 is 2.45 bits per heavy atom. The third kappa shape index (κ3) is 5.35. The molecule has 7 nitrogen and oxygen atoms in total. The normalized spacial score (nSPS) is 11.8. The van der Waals surface area contributed by atoms with Crippen LogP contribution in [0.5, 0.6) is 5.75 Å². The zero-order valence-electron chi connectivity index (χ0n) is 18.3. The zero-order chi connectivity index (χ0) is 23.4. The second kappa shape index (κ2) is 10.1. The largest absolute Gasteiger partial charge is 0.495 e. The first kappa shape index (κ1) is 22.8. The van der Waals surface area contributed by atoms with Gasteiger partial charge in [-0.05, 0) is 55.8 Å². The van der Waals surface area contributed by atoms with E-state index in [2.05, 4.69) is 20.6 Å². The molecule has 0 saturated heterocycles. The van der Waals surface area contributed by atoms with Gasteiger partial charge in [-0.25, -0.2) is 4.68 Å². The summed E-state index contributed by atoms with van der Waals surface area (Å²) in [5.74, 6) is 0.969. The van der Waals surface area contributed by atoms with E-state index in [4.69, 9.17) is 16.3 Å². The number of aromatic nitrogens is 4. The van der Waals surface area contributed by atoms with Crippen molar-refractivity contribution in [3.05, 3.63) is 88.7 Å². The Labute approximate surface area is 201 Å². The van der Waals surface area contributed by atoms with Crippen molar-refractivity contribution >= 4 is 35.0 Å². The number of hydrogen-bond acceptors (Lipinski definition) is 6. The summed E-state index contributed by atoms with van der Waals surface area (Å²) in [5, 5.41) is 16.5. The number of ether oxygens (including phenoxy) is 1. The van der Waals surface area contributed by atoms with Gasteiger partial charge in [0.05, 0.1) is 17.8 Å². The van der Waals surface area contributed by atoms with Crippen LogP contribution in [0.2, 0.25) is 5.02 Å². The number of carbonyl (C=O) groups excluding carboxylic acids is 1. The van der Waals surface area contributed by atoms with Gasteiger partial charge in [0.2, 0.25) is 5.91 Å². The van der Waals surface area contributed by atoms with Gasteiger partial charge in [0, 0.05) is 11.4 Å². The molecule has 4 rings (SSSR count). The highest BCUT2D eigenvalue weighted by molar-refractivity contribution is 8.00. The minimum Gasteiger partial charge on any atom is -0.495 e. The minimum atomic E-state index is -0.541. The molecule has 0 radical (unpaired) electrons. The Bertz CT molecular complexity index is 1260. The molecule has 1 amide bonds. The Balaban J connectivity index is 1.57. The molecular formula is C24H22ClN5O2S. The smallest absolute Gasteiger partial charge is 0.242 e. The predicted molar refractivity (Wildman–Crippen MR) is 130 cm³/mol. The van der Waals surface area contributed by atoms with Crippen LogP contribution in [-0.4, -0.2) is 33.0 Å². The van der Waals surface area contributed by atoms with Gasteiger partial charge in [-0.15, -0.1) is 10.2 Å². The minimum absolute atomic E-state index is 0.197. The number of methoxy groups -OCH3 is 1. The van der Waals surface area contributed by atoms with Gasteiger partial charge >= 0.3 is 0 Å². The number of halogens is 1. The summed E-state index contributed by atoms with van der Waals surface area (Å²) in [6.45, 7) is 3.89. The first-order chi connectivity index (χ1) is 15.9. The molecule has 33 heavy (non-hydrogen) atoms. The molecule has 2 aromatic carbocycles. The van der Waals surface area contributed by atoms with E-state index in [9.17, 15) is 4.79 Å². The summed E-state index contributed by atoms with van der Waals surface area (Å²) in [7, 11) is 1.54. The van der Waals surface area contributed by atoms with Crippen LogP contribution >= 0.6 is 23.4 Å². The fourth-order valence-corrected chi connectivity index (χ4v) is 4.52. The Hall–Kier alpha value is -3.36. The molecule has 2 aromatic heterocycles. The van der Waals surface area contributed by atoms with Crippen molar-refractivity contribution in [1.82, 2.24) is 20.0 Å². The van der Waals surface area contributed by atoms with Crippen molar-refractivity contribution in [2.75, 3.05) is 12.4 Å². The van der Waals surface area contributed by atoms with Gasteiger partial charge in [0.1, 0.15) is 16.0 Å². The fourth-order valence-electron chi connectivity index (χ4n) is 3.32. The molecule has 168 valence electrons. The molecule has 9 heteroatoms. The van der Waals surface area contributed by atoms with E-state index in [1.165, 1.54) is 11.8 Å². The van der Waals surface area contributed by atoms with Gasteiger partial charge in [-0.1, -0.05) is 53.7 Å². The molecule has 1 N–H and O–H groups in total. The van der Waals surface area contributed by atoms with Crippen LogP contribution in [0.4, 0.5) is 5.69 Å². The Morgan fingerprint density at radius 2 is 1.85 bits per heavy atom. The van der Waals surface area contributed by atoms with Crippen molar-refractivity contribution in [1.29, 1.82) is 0 Å². The van der Waals surface area contributed by atoms with Crippen LogP contribution in [0.15, 0.2) is 71.8 Å². The highest BCUT2D eigenvalue weighted by Gasteiger charge is 2.23. The molecule has 2 heterocycles. The van der Waals surface area contributed by atoms with Crippen molar-refractivity contribution in [2.45, 2.75) is 24.1 Å². The van der Waals surface area contributed by atoms with Gasteiger partial charge < -0.3 is 10.1 Å². The lowest BCUT2D eigenvalue weighted by Gasteiger charge is -2.17. The molecule has 0 fully saturated rings. The summed E-state index contributed by atoms with van der Waals surface area (Å²) in [4.78, 5) is 13.3. The van der Waals surface area contributed by atoms with Gasteiger partial charge in [0.25, 0.3) is 0 Å². The maximum Gasteiger partial charge on any atom is 0.242 e. The topological polar surface area (TPSA) is 81.9 Å². The third-order valence-electron chi connectivity index (χ3n) is 4.85. The third-order valence-corrected chi connectivity index (χ3v) is 6.33. The summed E-state index contributed by atoms with van der Waals surface area (Å²) >= 11 is 7.53. The number of rotatable bonds is 7. The summed E-state index contributed by atoms with van der Waals surface area (Å²) in [5.41, 5.74) is 3.32. The average molecular weight is 480 g/mol. The first-order valence-corrected chi connectivity index (χ1v) is 11.4. The number of carbonyl (C=O) groups is 1. The molecular weight excluding hydrogens is 458 g/mol. The molecule has 1 unspecified atom stereocenters.